The maximum Gasteiger partial charge on any atom is 0.274 e. The molecule has 1 aliphatic heterocycles. The van der Waals surface area contributed by atoms with Crippen LogP contribution in [0.4, 0.5) is 0 Å². The van der Waals surface area contributed by atoms with E-state index in [9.17, 15) is 9.59 Å². The normalized spacial score (nSPS) is 14.7. The number of likely N-dealkylation sites (tertiary alicyclic amines) is 1. The highest BCUT2D eigenvalue weighted by atomic mass is 16.2. The summed E-state index contributed by atoms with van der Waals surface area (Å²) in [4.78, 5) is 28.3. The minimum Gasteiger partial charge on any atom is -0.351 e. The third kappa shape index (κ3) is 4.76. The van der Waals surface area contributed by atoms with Crippen LogP contribution in [-0.4, -0.2) is 46.8 Å². The van der Waals surface area contributed by atoms with E-state index in [-0.39, 0.29) is 11.5 Å². The van der Waals surface area contributed by atoms with Crippen molar-refractivity contribution in [2.75, 3.05) is 26.2 Å². The molecule has 1 fully saturated rings. The van der Waals surface area contributed by atoms with Crippen molar-refractivity contribution in [3.63, 3.8) is 0 Å². The third-order valence-electron chi connectivity index (χ3n) is 5.64. The molecule has 0 bridgehead atoms. The molecule has 0 atom stereocenters. The van der Waals surface area contributed by atoms with Crippen molar-refractivity contribution in [3.05, 3.63) is 76.2 Å². The second kappa shape index (κ2) is 9.67. The number of aromatic nitrogens is 2. The zero-order chi connectivity index (χ0) is 20.8. The first kappa shape index (κ1) is 20.3. The predicted molar refractivity (Wildman–Crippen MR) is 119 cm³/mol. The lowest BCUT2D eigenvalue weighted by atomic mass is 10.1. The van der Waals surface area contributed by atoms with Gasteiger partial charge in [-0.25, -0.2) is 4.68 Å². The Kier molecular flexibility index (Phi) is 6.54. The maximum atomic E-state index is 12.9. The molecular weight excluding hydrogens is 376 g/mol. The van der Waals surface area contributed by atoms with Gasteiger partial charge in [0.1, 0.15) is 0 Å². The molecule has 3 aromatic rings. The molecule has 0 saturated carbocycles. The number of fused-ring (bicyclic) bond motifs is 1. The molecule has 1 amide bonds. The number of carbonyl (C=O) groups is 1. The van der Waals surface area contributed by atoms with Crippen LogP contribution in [-0.2, 0) is 6.54 Å². The Balaban J connectivity index is 1.51. The van der Waals surface area contributed by atoms with Gasteiger partial charge in [-0.05, 0) is 50.5 Å². The number of carbonyl (C=O) groups excluding carboxylic acids is 1. The maximum absolute atomic E-state index is 12.9. The van der Waals surface area contributed by atoms with Crippen LogP contribution in [0.5, 0.6) is 0 Å². The first-order chi connectivity index (χ1) is 14.7. The molecule has 0 radical (unpaired) electrons. The van der Waals surface area contributed by atoms with E-state index in [4.69, 9.17) is 0 Å². The summed E-state index contributed by atoms with van der Waals surface area (Å²) in [6, 6.07) is 16.9. The molecule has 2 aromatic carbocycles. The minimum atomic E-state index is -0.230. The van der Waals surface area contributed by atoms with Gasteiger partial charge in [0, 0.05) is 11.9 Å². The molecule has 0 aliphatic carbocycles. The van der Waals surface area contributed by atoms with Crippen LogP contribution >= 0.6 is 0 Å². The molecule has 6 nitrogen and oxygen atoms in total. The van der Waals surface area contributed by atoms with Gasteiger partial charge in [0.15, 0.2) is 5.69 Å². The van der Waals surface area contributed by atoms with Crippen molar-refractivity contribution in [2.24, 2.45) is 0 Å². The SMILES string of the molecule is O=C(NCCCN1CCCCC1)c1nn(Cc2ccccc2)c(=O)c2ccccc12. The largest absolute Gasteiger partial charge is 0.351 e. The summed E-state index contributed by atoms with van der Waals surface area (Å²) in [5.74, 6) is -0.230. The molecular formula is C24H28N4O2. The summed E-state index contributed by atoms with van der Waals surface area (Å²) in [6.45, 7) is 4.25. The van der Waals surface area contributed by atoms with Crippen molar-refractivity contribution < 1.29 is 4.79 Å². The zero-order valence-corrected chi connectivity index (χ0v) is 17.2. The third-order valence-corrected chi connectivity index (χ3v) is 5.64. The van der Waals surface area contributed by atoms with Crippen LogP contribution in [0.1, 0.15) is 41.7 Å². The average Bonchev–Trinajstić information content (AvgIpc) is 2.80. The van der Waals surface area contributed by atoms with E-state index < -0.39 is 0 Å². The number of hydrogen-bond acceptors (Lipinski definition) is 4. The Morgan fingerprint density at radius 2 is 1.63 bits per heavy atom. The summed E-state index contributed by atoms with van der Waals surface area (Å²) < 4.78 is 1.39. The Hall–Kier alpha value is -2.99. The van der Waals surface area contributed by atoms with Gasteiger partial charge in [-0.15, -0.1) is 0 Å². The number of benzene rings is 2. The van der Waals surface area contributed by atoms with E-state index in [1.54, 1.807) is 12.1 Å². The molecule has 6 heteroatoms. The number of amides is 1. The molecule has 156 valence electrons. The number of nitrogens with one attached hydrogen (secondary N) is 1. The van der Waals surface area contributed by atoms with Crippen LogP contribution in [0, 0.1) is 0 Å². The smallest absolute Gasteiger partial charge is 0.274 e. The molecule has 1 saturated heterocycles. The number of hydrogen-bond donors (Lipinski definition) is 1. The van der Waals surface area contributed by atoms with Crippen LogP contribution in [0.15, 0.2) is 59.4 Å². The molecule has 1 N–H and O–H groups in total. The van der Waals surface area contributed by atoms with Gasteiger partial charge >= 0.3 is 0 Å². The highest BCUT2D eigenvalue weighted by Crippen LogP contribution is 2.14. The summed E-state index contributed by atoms with van der Waals surface area (Å²) >= 11 is 0. The lowest BCUT2D eigenvalue weighted by molar-refractivity contribution is 0.0945. The molecule has 1 aromatic heterocycles. The Morgan fingerprint density at radius 1 is 0.933 bits per heavy atom. The summed E-state index contributed by atoms with van der Waals surface area (Å²) in [5.41, 5.74) is 1.09. The van der Waals surface area contributed by atoms with E-state index in [0.717, 1.165) is 31.6 Å². The van der Waals surface area contributed by atoms with E-state index in [0.29, 0.717) is 29.6 Å². The fraction of sp³-hybridized carbons (Fsp3) is 0.375. The Morgan fingerprint density at radius 3 is 2.40 bits per heavy atom. The van der Waals surface area contributed by atoms with Crippen molar-refractivity contribution in [2.45, 2.75) is 32.2 Å². The van der Waals surface area contributed by atoms with Crippen LogP contribution in [0.3, 0.4) is 0 Å². The Bertz CT molecular complexity index is 1060. The van der Waals surface area contributed by atoms with Crippen molar-refractivity contribution in [3.8, 4) is 0 Å². The highest BCUT2D eigenvalue weighted by Gasteiger charge is 2.17. The monoisotopic (exact) mass is 404 g/mol. The number of piperidine rings is 1. The van der Waals surface area contributed by atoms with E-state index in [2.05, 4.69) is 15.3 Å². The van der Waals surface area contributed by atoms with Gasteiger partial charge in [-0.1, -0.05) is 55.0 Å². The van der Waals surface area contributed by atoms with E-state index in [1.165, 1.54) is 23.9 Å². The fourth-order valence-electron chi connectivity index (χ4n) is 4.04. The van der Waals surface area contributed by atoms with Crippen molar-refractivity contribution in [1.82, 2.24) is 20.0 Å². The van der Waals surface area contributed by atoms with Gasteiger partial charge in [-0.3, -0.25) is 9.59 Å². The second-order valence-electron chi connectivity index (χ2n) is 7.85. The van der Waals surface area contributed by atoms with Gasteiger partial charge in [0.05, 0.1) is 11.9 Å². The molecule has 0 unspecified atom stereocenters. The standard InChI is InChI=1S/C24H28N4O2/c29-23(25-14-9-17-27-15-7-2-8-16-27)22-20-12-5-6-13-21(20)24(30)28(26-22)18-19-10-3-1-4-11-19/h1,3-6,10-13H,2,7-9,14-18H2,(H,25,29). The average molecular weight is 405 g/mol. The zero-order valence-electron chi connectivity index (χ0n) is 17.2. The second-order valence-corrected chi connectivity index (χ2v) is 7.85. The first-order valence-electron chi connectivity index (χ1n) is 10.8. The molecule has 1 aliphatic rings. The van der Waals surface area contributed by atoms with Gasteiger partial charge in [-0.2, -0.15) is 5.10 Å². The highest BCUT2D eigenvalue weighted by molar-refractivity contribution is 6.04. The van der Waals surface area contributed by atoms with Gasteiger partial charge in [0.25, 0.3) is 11.5 Å². The van der Waals surface area contributed by atoms with Crippen LogP contribution < -0.4 is 10.9 Å². The number of rotatable bonds is 7. The predicted octanol–water partition coefficient (Wildman–Crippen LogP) is 3.05. The number of nitrogens with zero attached hydrogens (tertiary/aromatic N) is 3. The first-order valence-corrected chi connectivity index (χ1v) is 10.8. The van der Waals surface area contributed by atoms with Gasteiger partial charge in [0.2, 0.25) is 0 Å². The summed E-state index contributed by atoms with van der Waals surface area (Å²) in [5, 5.41) is 8.56. The quantitative estimate of drug-likeness (QED) is 0.615. The summed E-state index contributed by atoms with van der Waals surface area (Å²) in [6.07, 6.45) is 4.77. The Labute approximate surface area is 176 Å². The lowest BCUT2D eigenvalue weighted by Gasteiger charge is -2.26. The molecule has 30 heavy (non-hydrogen) atoms. The molecule has 0 spiro atoms. The molecule has 4 rings (SSSR count). The fourth-order valence-corrected chi connectivity index (χ4v) is 4.04. The van der Waals surface area contributed by atoms with Crippen LogP contribution in [0.2, 0.25) is 0 Å². The van der Waals surface area contributed by atoms with E-state index in [1.807, 2.05) is 42.5 Å². The van der Waals surface area contributed by atoms with Crippen molar-refractivity contribution in [1.29, 1.82) is 0 Å². The van der Waals surface area contributed by atoms with Gasteiger partial charge < -0.3 is 10.2 Å². The minimum absolute atomic E-state index is 0.184. The summed E-state index contributed by atoms with van der Waals surface area (Å²) in [7, 11) is 0. The lowest BCUT2D eigenvalue weighted by Crippen LogP contribution is -2.34. The van der Waals surface area contributed by atoms with Crippen LogP contribution in [0.25, 0.3) is 10.8 Å². The van der Waals surface area contributed by atoms with E-state index >= 15 is 0 Å². The molecule has 2 heterocycles. The van der Waals surface area contributed by atoms with Crippen molar-refractivity contribution >= 4 is 16.7 Å². The topological polar surface area (TPSA) is 67.2 Å².